The van der Waals surface area contributed by atoms with Gasteiger partial charge in [0, 0.05) is 22.7 Å². The average molecular weight is 471 g/mol. The van der Waals surface area contributed by atoms with Gasteiger partial charge in [-0.05, 0) is 56.2 Å². The van der Waals surface area contributed by atoms with Crippen LogP contribution in [-0.2, 0) is 21.4 Å². The van der Waals surface area contributed by atoms with Gasteiger partial charge < -0.3 is 19.5 Å². The lowest BCUT2D eigenvalue weighted by Crippen LogP contribution is -2.52. The van der Waals surface area contributed by atoms with Crippen LogP contribution >= 0.6 is 0 Å². The molecule has 33 heavy (non-hydrogen) atoms. The van der Waals surface area contributed by atoms with Crippen LogP contribution in [0.5, 0.6) is 5.75 Å². The molecule has 5 nitrogen and oxygen atoms in total. The minimum absolute atomic E-state index is 0.00702. The number of hydrogen-bond acceptors (Lipinski definition) is 3. The second kappa shape index (κ2) is 8.95. The van der Waals surface area contributed by atoms with Crippen molar-refractivity contribution in [3.05, 3.63) is 65.6 Å². The number of nitrogens with zero attached hydrogens (tertiary/aromatic N) is 1. The molecular weight excluding hydrogens is 435 g/mol. The van der Waals surface area contributed by atoms with Gasteiger partial charge in [-0.25, -0.2) is 4.39 Å². The highest BCUT2D eigenvalue weighted by Gasteiger charge is 2.42. The first-order valence-corrected chi connectivity index (χ1v) is 14.1. The van der Waals surface area contributed by atoms with E-state index < -0.39 is 19.8 Å². The first-order chi connectivity index (χ1) is 15.3. The zero-order chi connectivity index (χ0) is 24.6. The van der Waals surface area contributed by atoms with Gasteiger partial charge in [0.15, 0.2) is 8.32 Å². The number of ether oxygens (including phenoxy) is 1. The Bertz CT molecular complexity index is 1170. The summed E-state index contributed by atoms with van der Waals surface area (Å²) in [5, 5.41) is 0.970. The molecule has 2 aromatic carbocycles. The van der Waals surface area contributed by atoms with Crippen molar-refractivity contribution in [1.29, 1.82) is 0 Å². The van der Waals surface area contributed by atoms with E-state index in [2.05, 4.69) is 33.9 Å². The third-order valence-corrected chi connectivity index (χ3v) is 11.3. The van der Waals surface area contributed by atoms with Gasteiger partial charge in [0.1, 0.15) is 23.7 Å². The van der Waals surface area contributed by atoms with Crippen molar-refractivity contribution in [3.8, 4) is 5.75 Å². The van der Waals surface area contributed by atoms with E-state index in [1.807, 2.05) is 42.7 Å². The van der Waals surface area contributed by atoms with E-state index in [1.54, 1.807) is 18.2 Å². The van der Waals surface area contributed by atoms with E-state index >= 15 is 0 Å². The zero-order valence-electron chi connectivity index (χ0n) is 20.7. The highest BCUT2D eigenvalue weighted by atomic mass is 28.4. The summed E-state index contributed by atoms with van der Waals surface area (Å²) in [6.07, 6.45) is 0. The number of carbonyl (C=O) groups is 1. The number of nitrogens with two attached hydrogens (primary N) is 1. The topological polar surface area (TPSA) is 66.5 Å². The molecule has 3 aromatic rings. The molecular formula is C26H35FN2O3Si. The van der Waals surface area contributed by atoms with E-state index in [-0.39, 0.29) is 24.1 Å². The van der Waals surface area contributed by atoms with Crippen LogP contribution in [0.2, 0.25) is 18.1 Å². The van der Waals surface area contributed by atoms with Crippen LogP contribution in [0.15, 0.2) is 48.5 Å². The molecule has 0 saturated heterocycles. The molecule has 1 atom stereocenters. The Morgan fingerprint density at radius 3 is 2.36 bits per heavy atom. The van der Waals surface area contributed by atoms with Crippen LogP contribution in [0.1, 0.15) is 39.0 Å². The first-order valence-electron chi connectivity index (χ1n) is 11.2. The largest absolute Gasteiger partial charge is 0.489 e. The number of rotatable bonds is 8. The van der Waals surface area contributed by atoms with Gasteiger partial charge in [-0.1, -0.05) is 39.0 Å². The fourth-order valence-corrected chi connectivity index (χ4v) is 4.70. The van der Waals surface area contributed by atoms with Crippen LogP contribution in [0.4, 0.5) is 4.39 Å². The summed E-state index contributed by atoms with van der Waals surface area (Å²) in [6, 6.07) is 14.2. The lowest BCUT2D eigenvalue weighted by Gasteiger charge is -2.40. The second-order valence-electron chi connectivity index (χ2n) is 10.4. The molecule has 0 saturated carbocycles. The second-order valence-corrected chi connectivity index (χ2v) is 15.2. The molecule has 1 amide bonds. The molecule has 178 valence electrons. The molecule has 1 aromatic heterocycles. The number of fused-ring (bicyclic) bond motifs is 1. The molecule has 0 aliphatic heterocycles. The minimum Gasteiger partial charge on any atom is -0.489 e. The molecule has 0 aliphatic rings. The summed E-state index contributed by atoms with van der Waals surface area (Å²) >= 11 is 0. The summed E-state index contributed by atoms with van der Waals surface area (Å²) in [4.78, 5) is 12.8. The SMILES string of the molecule is Cc1cc2ccc(OCc3ccccc3F)cc2n1C(C)(CO[Si](C)(C)C(C)(C)C)C(N)=O. The van der Waals surface area contributed by atoms with E-state index in [9.17, 15) is 9.18 Å². The van der Waals surface area contributed by atoms with Crippen molar-refractivity contribution in [2.45, 2.75) is 64.9 Å². The first kappa shape index (κ1) is 25.0. The summed E-state index contributed by atoms with van der Waals surface area (Å²) < 4.78 is 28.2. The van der Waals surface area contributed by atoms with Gasteiger partial charge in [-0.3, -0.25) is 4.79 Å². The summed E-state index contributed by atoms with van der Waals surface area (Å²) in [5.74, 6) is -0.177. The summed E-state index contributed by atoms with van der Waals surface area (Å²) in [6.45, 7) is 14.9. The molecule has 1 unspecified atom stereocenters. The van der Waals surface area contributed by atoms with Gasteiger partial charge in [0.25, 0.3) is 0 Å². The normalized spacial score (nSPS) is 14.3. The van der Waals surface area contributed by atoms with Crippen LogP contribution < -0.4 is 10.5 Å². The maximum atomic E-state index is 14.0. The third kappa shape index (κ3) is 4.99. The van der Waals surface area contributed by atoms with E-state index in [0.717, 1.165) is 16.6 Å². The molecule has 1 heterocycles. The van der Waals surface area contributed by atoms with Gasteiger partial charge >= 0.3 is 0 Å². The number of aromatic nitrogens is 1. The van der Waals surface area contributed by atoms with Crippen molar-refractivity contribution in [1.82, 2.24) is 4.57 Å². The Labute approximate surface area is 196 Å². The number of amides is 1. The quantitative estimate of drug-likeness (QED) is 0.418. The van der Waals surface area contributed by atoms with Crippen molar-refractivity contribution in [2.75, 3.05) is 6.61 Å². The van der Waals surface area contributed by atoms with Crippen molar-refractivity contribution in [2.24, 2.45) is 5.73 Å². The minimum atomic E-state index is -2.11. The van der Waals surface area contributed by atoms with E-state index in [1.165, 1.54) is 6.07 Å². The fourth-order valence-electron chi connectivity index (χ4n) is 3.62. The highest BCUT2D eigenvalue weighted by molar-refractivity contribution is 6.74. The Balaban J connectivity index is 1.97. The molecule has 0 fully saturated rings. The fraction of sp³-hybridized carbons (Fsp3) is 0.423. The van der Waals surface area contributed by atoms with Crippen molar-refractivity contribution in [3.63, 3.8) is 0 Å². The molecule has 0 radical (unpaired) electrons. The van der Waals surface area contributed by atoms with Crippen molar-refractivity contribution >= 4 is 25.1 Å². The molecule has 2 N–H and O–H groups in total. The third-order valence-electron chi connectivity index (χ3n) is 6.86. The Morgan fingerprint density at radius 1 is 1.09 bits per heavy atom. The Hall–Kier alpha value is -2.64. The number of aryl methyl sites for hydroxylation is 1. The van der Waals surface area contributed by atoms with Crippen LogP contribution in [0.3, 0.4) is 0 Å². The van der Waals surface area contributed by atoms with E-state index in [0.29, 0.717) is 11.3 Å². The molecule has 7 heteroatoms. The molecule has 3 rings (SSSR count). The maximum Gasteiger partial charge on any atom is 0.245 e. The van der Waals surface area contributed by atoms with Gasteiger partial charge in [0.05, 0.1) is 12.1 Å². The average Bonchev–Trinajstić information content (AvgIpc) is 3.06. The number of primary amides is 1. The van der Waals surface area contributed by atoms with Crippen LogP contribution in [0.25, 0.3) is 10.9 Å². The van der Waals surface area contributed by atoms with Gasteiger partial charge in [0.2, 0.25) is 5.91 Å². The zero-order valence-corrected chi connectivity index (χ0v) is 21.7. The Kier molecular flexibility index (Phi) is 6.78. The molecule has 0 spiro atoms. The summed E-state index contributed by atoms with van der Waals surface area (Å²) in [7, 11) is -2.11. The standard InChI is InChI=1S/C26H35FN2O3Si/c1-18-14-19-12-13-21(31-16-20-10-8-9-11-22(20)27)15-23(19)29(18)26(5,24(28)30)17-32-33(6,7)25(2,3)4/h8-15H,16-17H2,1-7H3,(H2,28,30). The van der Waals surface area contributed by atoms with Gasteiger partial charge in [-0.2, -0.15) is 0 Å². The predicted octanol–water partition coefficient (Wildman–Crippen LogP) is 5.89. The smallest absolute Gasteiger partial charge is 0.245 e. The Morgan fingerprint density at radius 2 is 1.76 bits per heavy atom. The van der Waals surface area contributed by atoms with Crippen LogP contribution in [0, 0.1) is 12.7 Å². The number of hydrogen-bond donors (Lipinski definition) is 1. The molecule has 0 bridgehead atoms. The monoisotopic (exact) mass is 470 g/mol. The van der Waals surface area contributed by atoms with Gasteiger partial charge in [-0.15, -0.1) is 0 Å². The van der Waals surface area contributed by atoms with Crippen LogP contribution in [-0.4, -0.2) is 25.4 Å². The molecule has 0 aliphatic carbocycles. The highest BCUT2D eigenvalue weighted by Crippen LogP contribution is 2.38. The number of halogens is 1. The predicted molar refractivity (Wildman–Crippen MR) is 133 cm³/mol. The summed E-state index contributed by atoms with van der Waals surface area (Å²) in [5.41, 5.74) is 7.07. The number of carbonyl (C=O) groups excluding carboxylic acids is 1. The van der Waals surface area contributed by atoms with Crippen molar-refractivity contribution < 1.29 is 18.3 Å². The van der Waals surface area contributed by atoms with E-state index in [4.69, 9.17) is 14.9 Å². The lowest BCUT2D eigenvalue weighted by molar-refractivity contribution is -0.127. The maximum absolute atomic E-state index is 14.0. The lowest BCUT2D eigenvalue weighted by atomic mass is 10.0. The number of benzene rings is 2.